The molecule has 1 heteroatoms. The lowest BCUT2D eigenvalue weighted by Gasteiger charge is -2.29. The maximum absolute atomic E-state index is 5.48. The average molecular weight is 331 g/mol. The van der Waals surface area contributed by atoms with Gasteiger partial charge in [0, 0.05) is 6.42 Å². The van der Waals surface area contributed by atoms with Crippen molar-refractivity contribution in [1.82, 2.24) is 0 Å². The van der Waals surface area contributed by atoms with Gasteiger partial charge >= 0.3 is 0 Å². The fourth-order valence-corrected chi connectivity index (χ4v) is 7.32. The number of rotatable bonds is 6. The van der Waals surface area contributed by atoms with Gasteiger partial charge in [-0.15, -0.1) is 6.42 Å². The predicted molar refractivity (Wildman–Crippen MR) is 111 cm³/mol. The highest BCUT2D eigenvalue weighted by Gasteiger charge is 2.45. The number of hydrogen-bond donors (Lipinski definition) is 0. The first-order valence-corrected chi connectivity index (χ1v) is 10.1. The number of terminal acetylenes is 1. The molecule has 1 aromatic carbocycles. The molecule has 0 heterocycles. The van der Waals surface area contributed by atoms with E-state index in [-0.39, 0.29) is 0 Å². The Hall–Kier alpha value is -2.35. The lowest BCUT2D eigenvalue weighted by atomic mass is 10.4. The number of allylic oxidation sites excluding steroid dienone is 11. The van der Waals surface area contributed by atoms with Crippen LogP contribution in [0.4, 0.5) is 0 Å². The van der Waals surface area contributed by atoms with Crippen molar-refractivity contribution in [3.8, 4) is 12.3 Å². The average Bonchev–Trinajstić information content (AvgIpc) is 2.91. The third-order valence-corrected chi connectivity index (χ3v) is 8.74. The smallest absolute Gasteiger partial charge is 0.111 e. The molecule has 1 aromatic rings. The van der Waals surface area contributed by atoms with E-state index in [2.05, 4.69) is 92.3 Å². The van der Waals surface area contributed by atoms with E-state index in [0.29, 0.717) is 0 Å². The van der Waals surface area contributed by atoms with Gasteiger partial charge in [-0.2, -0.15) is 0 Å². The van der Waals surface area contributed by atoms with Crippen LogP contribution in [0.15, 0.2) is 102 Å². The summed E-state index contributed by atoms with van der Waals surface area (Å²) < 4.78 is 0. The van der Waals surface area contributed by atoms with Crippen molar-refractivity contribution < 1.29 is 0 Å². The Morgan fingerprint density at radius 1 is 1.25 bits per heavy atom. The molecule has 1 atom stereocenters. The SMILES string of the molecule is C#C/C=C\C(=C/C)[P+](CC=C)(C1=CC=CC=CC1)c1ccccc1. The van der Waals surface area contributed by atoms with Gasteiger partial charge in [-0.05, 0) is 43.4 Å². The van der Waals surface area contributed by atoms with Gasteiger partial charge in [-0.3, -0.25) is 0 Å². The minimum Gasteiger partial charge on any atom is -0.115 e. The van der Waals surface area contributed by atoms with E-state index in [1.54, 1.807) is 6.08 Å². The van der Waals surface area contributed by atoms with Crippen molar-refractivity contribution in [3.05, 3.63) is 102 Å². The zero-order valence-electron chi connectivity index (χ0n) is 14.2. The van der Waals surface area contributed by atoms with Gasteiger partial charge in [0.05, 0.1) is 11.5 Å². The van der Waals surface area contributed by atoms with E-state index in [4.69, 9.17) is 6.42 Å². The molecule has 0 amide bonds. The van der Waals surface area contributed by atoms with Crippen molar-refractivity contribution in [1.29, 1.82) is 0 Å². The second-order valence-electron chi connectivity index (χ2n) is 5.51. The zero-order valence-corrected chi connectivity index (χ0v) is 15.1. The molecule has 0 bridgehead atoms. The van der Waals surface area contributed by atoms with E-state index < -0.39 is 7.26 Å². The molecule has 1 unspecified atom stereocenters. The third-order valence-electron chi connectivity index (χ3n) is 4.15. The van der Waals surface area contributed by atoms with Crippen molar-refractivity contribution in [3.63, 3.8) is 0 Å². The molecule has 1 aliphatic carbocycles. The lowest BCUT2D eigenvalue weighted by Crippen LogP contribution is -2.17. The van der Waals surface area contributed by atoms with Crippen LogP contribution in [0.2, 0.25) is 0 Å². The molecule has 0 aromatic heterocycles. The molecule has 1 aliphatic rings. The van der Waals surface area contributed by atoms with E-state index in [0.717, 1.165) is 12.6 Å². The predicted octanol–water partition coefficient (Wildman–Crippen LogP) is 6.01. The van der Waals surface area contributed by atoms with Crippen LogP contribution in [0.25, 0.3) is 0 Å². The van der Waals surface area contributed by atoms with Crippen molar-refractivity contribution in [2.24, 2.45) is 0 Å². The fourth-order valence-electron chi connectivity index (χ4n) is 3.11. The molecule has 120 valence electrons. The molecular formula is C23H24P+. The minimum atomic E-state index is -1.77. The van der Waals surface area contributed by atoms with Gasteiger partial charge in [-0.1, -0.05) is 61.1 Å². The van der Waals surface area contributed by atoms with Gasteiger partial charge in [0.15, 0.2) is 0 Å². The largest absolute Gasteiger partial charge is 0.115 e. The first-order valence-electron chi connectivity index (χ1n) is 8.16. The highest BCUT2D eigenvalue weighted by Crippen LogP contribution is 2.72. The maximum atomic E-state index is 5.48. The molecule has 0 radical (unpaired) electrons. The topological polar surface area (TPSA) is 0 Å². The van der Waals surface area contributed by atoms with Gasteiger partial charge in [0.2, 0.25) is 0 Å². The van der Waals surface area contributed by atoms with Crippen LogP contribution in [0, 0.1) is 12.3 Å². The Morgan fingerprint density at radius 2 is 2.04 bits per heavy atom. The van der Waals surface area contributed by atoms with Gasteiger partial charge < -0.3 is 0 Å². The maximum Gasteiger partial charge on any atom is 0.111 e. The minimum absolute atomic E-state index is 0.930. The molecule has 0 saturated carbocycles. The Kier molecular flexibility index (Phi) is 6.80. The van der Waals surface area contributed by atoms with Crippen molar-refractivity contribution in [2.75, 3.05) is 6.16 Å². The monoisotopic (exact) mass is 331 g/mol. The second kappa shape index (κ2) is 9.07. The Labute approximate surface area is 147 Å². The molecular weight excluding hydrogens is 307 g/mol. The van der Waals surface area contributed by atoms with Gasteiger partial charge in [0.25, 0.3) is 0 Å². The summed E-state index contributed by atoms with van der Waals surface area (Å²) in [6.45, 7) is 6.16. The van der Waals surface area contributed by atoms with Crippen molar-refractivity contribution in [2.45, 2.75) is 13.3 Å². The van der Waals surface area contributed by atoms with Crippen LogP contribution in [0.3, 0.4) is 0 Å². The molecule has 0 nitrogen and oxygen atoms in total. The zero-order chi connectivity index (χ0) is 17.3. The molecule has 0 N–H and O–H groups in total. The van der Waals surface area contributed by atoms with E-state index >= 15 is 0 Å². The van der Waals surface area contributed by atoms with Gasteiger partial charge in [0.1, 0.15) is 17.9 Å². The summed E-state index contributed by atoms with van der Waals surface area (Å²) in [6, 6.07) is 10.8. The Balaban J connectivity index is 2.75. The third kappa shape index (κ3) is 3.76. The molecule has 0 fully saturated rings. The standard InChI is InChI=1S/C23H24P/c1-4-7-15-21(6-3)24(20-5-2,23-18-13-10-14-19-23)22-16-11-8-9-12-17-22/h1,5-16,18-19H,2,17,20H2,3H3/q+1/b15-7-,21-6+. The van der Waals surface area contributed by atoms with E-state index in [1.807, 2.05) is 6.08 Å². The quantitative estimate of drug-likeness (QED) is 0.259. The molecule has 2 rings (SSSR count). The molecule has 0 spiro atoms. The lowest BCUT2D eigenvalue weighted by molar-refractivity contribution is 1.34. The van der Waals surface area contributed by atoms with Crippen LogP contribution in [-0.4, -0.2) is 6.16 Å². The fraction of sp³-hybridized carbons (Fsp3) is 0.130. The summed E-state index contributed by atoms with van der Waals surface area (Å²) >= 11 is 0. The number of benzene rings is 1. The molecule has 0 aliphatic heterocycles. The van der Waals surface area contributed by atoms with Crippen LogP contribution in [-0.2, 0) is 0 Å². The Bertz CT molecular complexity index is 751. The van der Waals surface area contributed by atoms with Gasteiger partial charge in [-0.25, -0.2) is 0 Å². The highest BCUT2D eigenvalue weighted by atomic mass is 31.2. The normalized spacial score (nSPS) is 17.0. The summed E-state index contributed by atoms with van der Waals surface area (Å²) in [6.07, 6.45) is 26.4. The van der Waals surface area contributed by atoms with E-state index in [1.165, 1.54) is 15.9 Å². The van der Waals surface area contributed by atoms with Crippen LogP contribution >= 0.6 is 7.26 Å². The molecule has 0 saturated heterocycles. The Morgan fingerprint density at radius 3 is 2.71 bits per heavy atom. The summed E-state index contributed by atoms with van der Waals surface area (Å²) in [5.41, 5.74) is 0. The number of hydrogen-bond acceptors (Lipinski definition) is 0. The van der Waals surface area contributed by atoms with Crippen LogP contribution in [0.1, 0.15) is 13.3 Å². The van der Waals surface area contributed by atoms with Crippen LogP contribution < -0.4 is 5.30 Å². The summed E-state index contributed by atoms with van der Waals surface area (Å²) in [4.78, 5) is 0. The first-order chi connectivity index (χ1) is 11.8. The second-order valence-corrected chi connectivity index (χ2v) is 9.10. The summed E-state index contributed by atoms with van der Waals surface area (Å²) in [7, 11) is -1.77. The van der Waals surface area contributed by atoms with Crippen LogP contribution in [0.5, 0.6) is 0 Å². The summed E-state index contributed by atoms with van der Waals surface area (Å²) in [5, 5.41) is 4.13. The highest BCUT2D eigenvalue weighted by molar-refractivity contribution is 7.90. The molecule has 24 heavy (non-hydrogen) atoms. The summed E-state index contributed by atoms with van der Waals surface area (Å²) in [5.74, 6) is 2.64. The van der Waals surface area contributed by atoms with Crippen molar-refractivity contribution >= 4 is 12.6 Å². The van der Waals surface area contributed by atoms with E-state index in [9.17, 15) is 0 Å². The first kappa shape index (κ1) is 18.0.